The van der Waals surface area contributed by atoms with Crippen LogP contribution in [0.3, 0.4) is 0 Å². The predicted molar refractivity (Wildman–Crippen MR) is 55.7 cm³/mol. The summed E-state index contributed by atoms with van der Waals surface area (Å²) in [5.41, 5.74) is 6.48. The molecule has 2 N–H and O–H groups in total. The Hall–Kier alpha value is -1.84. The lowest BCUT2D eigenvalue weighted by Crippen LogP contribution is -1.90. The van der Waals surface area contributed by atoms with Gasteiger partial charge in [-0.3, -0.25) is 4.79 Å². The third-order valence-corrected chi connectivity index (χ3v) is 2.03. The number of pyridine rings is 1. The summed E-state index contributed by atoms with van der Waals surface area (Å²) in [5, 5.41) is 1.22. The van der Waals surface area contributed by atoms with Gasteiger partial charge in [0, 0.05) is 24.3 Å². The lowest BCUT2D eigenvalue weighted by molar-refractivity contribution is -0.106. The van der Waals surface area contributed by atoms with Crippen LogP contribution in [0.1, 0.15) is 5.69 Å². The minimum atomic E-state index is 0.250. The van der Waals surface area contributed by atoms with Crippen molar-refractivity contribution in [3.63, 3.8) is 0 Å². The monoisotopic (exact) mass is 191 g/mol. The summed E-state index contributed by atoms with van der Waals surface area (Å²) in [5.74, 6) is 0. The minimum absolute atomic E-state index is 0.250. The van der Waals surface area contributed by atoms with Gasteiger partial charge >= 0.3 is 0 Å². The topological polar surface area (TPSA) is 60.9 Å². The van der Waals surface area contributed by atoms with Crippen molar-refractivity contribution in [1.29, 1.82) is 0 Å². The fourth-order valence-corrected chi connectivity index (χ4v) is 1.29. The molecule has 4 heteroatoms. The fourth-order valence-electron chi connectivity index (χ4n) is 1.29. The smallest absolute Gasteiger partial charge is 0.204 e. The number of carbonyl (C=O) groups excluding carboxylic acids is 1. The molecular weight excluding hydrogens is 178 g/mol. The zero-order chi connectivity index (χ0) is 10.6. The number of nitrogens with zero attached hydrogens (tertiary/aromatic N) is 2. The molecule has 2 rings (SSSR count). The first kappa shape index (κ1) is 10.2. The number of fused-ring (bicyclic) bond motifs is 1. The van der Waals surface area contributed by atoms with Crippen LogP contribution in [-0.2, 0) is 11.8 Å². The van der Waals surface area contributed by atoms with Gasteiger partial charge in [0.2, 0.25) is 6.41 Å². The molecule has 74 valence electrons. The highest BCUT2D eigenvalue weighted by atomic mass is 16.1. The van der Waals surface area contributed by atoms with Gasteiger partial charge in [0.25, 0.3) is 0 Å². The van der Waals surface area contributed by atoms with Gasteiger partial charge in [-0.25, -0.2) is 4.98 Å². The molecule has 0 bridgehead atoms. The van der Waals surface area contributed by atoms with Gasteiger partial charge in [-0.1, -0.05) is 0 Å². The second-order valence-electron chi connectivity index (χ2n) is 2.90. The number of nitrogens with two attached hydrogens (primary N) is 1. The van der Waals surface area contributed by atoms with Crippen LogP contribution in [0.25, 0.3) is 11.0 Å². The summed E-state index contributed by atoms with van der Waals surface area (Å²) >= 11 is 0. The minimum Gasteiger partial charge on any atom is -0.372 e. The van der Waals surface area contributed by atoms with Gasteiger partial charge in [0.1, 0.15) is 5.65 Å². The van der Waals surface area contributed by atoms with E-state index >= 15 is 0 Å². The summed E-state index contributed by atoms with van der Waals surface area (Å²) in [6.07, 6.45) is 2.07. The van der Waals surface area contributed by atoms with Crippen molar-refractivity contribution >= 4 is 17.4 Å². The summed E-state index contributed by atoms with van der Waals surface area (Å²) in [6.45, 7) is 2.08. The average molecular weight is 191 g/mol. The average Bonchev–Trinajstić information content (AvgIpc) is 2.45. The van der Waals surface area contributed by atoms with Crippen LogP contribution < -0.4 is 5.73 Å². The maximum Gasteiger partial charge on any atom is 0.204 e. The Kier molecular flexibility index (Phi) is 3.23. The van der Waals surface area contributed by atoms with E-state index in [4.69, 9.17) is 4.79 Å². The molecule has 0 saturated carbocycles. The zero-order valence-corrected chi connectivity index (χ0v) is 8.27. The number of aromatic nitrogens is 2. The van der Waals surface area contributed by atoms with Gasteiger partial charge in [0.05, 0.1) is 0 Å². The molecular formula is C10H13N3O. The van der Waals surface area contributed by atoms with E-state index in [2.05, 4.69) is 34.3 Å². The molecule has 0 radical (unpaired) electrons. The van der Waals surface area contributed by atoms with Crippen LogP contribution in [-0.4, -0.2) is 16.0 Å². The first-order valence-electron chi connectivity index (χ1n) is 4.23. The number of hydrogen-bond acceptors (Lipinski definition) is 2. The SMILES string of the molecule is Cc1cc2cccnc2n1C.NC=O. The normalized spacial score (nSPS) is 9.29. The zero-order valence-electron chi connectivity index (χ0n) is 8.27. The van der Waals surface area contributed by atoms with Crippen LogP contribution in [0, 0.1) is 6.92 Å². The Morgan fingerprint density at radius 1 is 1.57 bits per heavy atom. The molecule has 2 heterocycles. The molecule has 0 unspecified atom stereocenters. The summed E-state index contributed by atoms with van der Waals surface area (Å²) in [6, 6.07) is 6.18. The van der Waals surface area contributed by atoms with E-state index in [9.17, 15) is 0 Å². The maximum absolute atomic E-state index is 8.58. The summed E-state index contributed by atoms with van der Waals surface area (Å²) < 4.78 is 2.09. The van der Waals surface area contributed by atoms with Crippen molar-refractivity contribution in [3.8, 4) is 0 Å². The van der Waals surface area contributed by atoms with Crippen LogP contribution in [0.4, 0.5) is 0 Å². The fraction of sp³-hybridized carbons (Fsp3) is 0.200. The standard InChI is InChI=1S/C9H10N2.CH3NO/c1-7-6-8-4-3-5-10-9(8)11(7)2;2-1-3/h3-6H,1-2H3;1H,(H2,2,3). The van der Waals surface area contributed by atoms with Gasteiger partial charge in [0.15, 0.2) is 0 Å². The number of amides is 1. The highest BCUT2D eigenvalue weighted by Crippen LogP contribution is 2.14. The molecule has 0 fully saturated rings. The van der Waals surface area contributed by atoms with E-state index in [0.717, 1.165) is 5.65 Å². The number of rotatable bonds is 0. The van der Waals surface area contributed by atoms with Gasteiger partial charge in [-0.05, 0) is 25.1 Å². The highest BCUT2D eigenvalue weighted by molar-refractivity contribution is 5.76. The van der Waals surface area contributed by atoms with Crippen LogP contribution in [0.5, 0.6) is 0 Å². The Balaban J connectivity index is 0.000000293. The Morgan fingerprint density at radius 2 is 2.21 bits per heavy atom. The number of aryl methyl sites for hydroxylation is 2. The lowest BCUT2D eigenvalue weighted by Gasteiger charge is -1.95. The van der Waals surface area contributed by atoms with Crippen LogP contribution in [0.2, 0.25) is 0 Å². The van der Waals surface area contributed by atoms with E-state index in [-0.39, 0.29) is 6.41 Å². The molecule has 0 atom stereocenters. The van der Waals surface area contributed by atoms with Gasteiger partial charge in [-0.2, -0.15) is 0 Å². The van der Waals surface area contributed by atoms with Crippen molar-refractivity contribution in [2.24, 2.45) is 12.8 Å². The van der Waals surface area contributed by atoms with Crippen molar-refractivity contribution < 1.29 is 4.79 Å². The molecule has 0 saturated heterocycles. The quantitative estimate of drug-likeness (QED) is 0.631. The number of carbonyl (C=O) groups is 1. The largest absolute Gasteiger partial charge is 0.372 e. The van der Waals surface area contributed by atoms with Crippen molar-refractivity contribution in [2.45, 2.75) is 6.92 Å². The summed E-state index contributed by atoms with van der Waals surface area (Å²) in [4.78, 5) is 12.8. The first-order valence-corrected chi connectivity index (χ1v) is 4.23. The third kappa shape index (κ3) is 1.90. The second-order valence-corrected chi connectivity index (χ2v) is 2.90. The van der Waals surface area contributed by atoms with Gasteiger partial charge in [-0.15, -0.1) is 0 Å². The van der Waals surface area contributed by atoms with E-state index in [1.54, 1.807) is 0 Å². The third-order valence-electron chi connectivity index (χ3n) is 2.03. The molecule has 0 aliphatic heterocycles. The molecule has 2 aromatic heterocycles. The molecule has 0 aromatic carbocycles. The van der Waals surface area contributed by atoms with Crippen molar-refractivity contribution in [3.05, 3.63) is 30.1 Å². The summed E-state index contributed by atoms with van der Waals surface area (Å²) in [7, 11) is 2.03. The van der Waals surface area contributed by atoms with Gasteiger partial charge < -0.3 is 10.3 Å². The van der Waals surface area contributed by atoms with E-state index in [0.29, 0.717) is 0 Å². The molecule has 0 aliphatic carbocycles. The van der Waals surface area contributed by atoms with E-state index in [1.165, 1.54) is 11.1 Å². The predicted octanol–water partition coefficient (Wildman–Crippen LogP) is 0.983. The molecule has 14 heavy (non-hydrogen) atoms. The second kappa shape index (κ2) is 4.41. The molecule has 0 aliphatic rings. The first-order chi connectivity index (χ1) is 6.70. The van der Waals surface area contributed by atoms with Crippen LogP contribution >= 0.6 is 0 Å². The van der Waals surface area contributed by atoms with Crippen LogP contribution in [0.15, 0.2) is 24.4 Å². The van der Waals surface area contributed by atoms with E-state index < -0.39 is 0 Å². The van der Waals surface area contributed by atoms with E-state index in [1.807, 2.05) is 19.3 Å². The molecule has 1 amide bonds. The highest BCUT2D eigenvalue weighted by Gasteiger charge is 1.99. The molecule has 2 aromatic rings. The number of hydrogen-bond donors (Lipinski definition) is 1. The molecule has 0 spiro atoms. The van der Waals surface area contributed by atoms with Crippen molar-refractivity contribution in [2.75, 3.05) is 0 Å². The Labute approximate surface area is 82.4 Å². The Bertz CT molecular complexity index is 434. The maximum atomic E-state index is 8.58. The Morgan fingerprint density at radius 3 is 2.79 bits per heavy atom. The molecule has 4 nitrogen and oxygen atoms in total. The number of primary amides is 1. The van der Waals surface area contributed by atoms with Crippen molar-refractivity contribution in [1.82, 2.24) is 9.55 Å². The lowest BCUT2D eigenvalue weighted by atomic mass is 10.3.